The van der Waals surface area contributed by atoms with Crippen LogP contribution in [-0.2, 0) is 6.61 Å². The van der Waals surface area contributed by atoms with Crippen molar-refractivity contribution in [3.8, 4) is 0 Å². The lowest BCUT2D eigenvalue weighted by atomic mass is 10.2. The quantitative estimate of drug-likeness (QED) is 0.877. The maximum atomic E-state index is 9.23. The van der Waals surface area contributed by atoms with Gasteiger partial charge >= 0.3 is 0 Å². The molecular weight excluding hydrogens is 238 g/mol. The molecule has 3 rings (SSSR count). The van der Waals surface area contributed by atoms with Gasteiger partial charge in [-0.3, -0.25) is 4.90 Å². The second kappa shape index (κ2) is 5.47. The average molecular weight is 261 g/mol. The maximum Gasteiger partial charge on any atom is 0.128 e. The van der Waals surface area contributed by atoms with Gasteiger partial charge in [-0.1, -0.05) is 6.07 Å². The van der Waals surface area contributed by atoms with Gasteiger partial charge in [0.25, 0.3) is 0 Å². The van der Waals surface area contributed by atoms with E-state index in [4.69, 9.17) is 0 Å². The summed E-state index contributed by atoms with van der Waals surface area (Å²) in [6, 6.07) is 4.78. The summed E-state index contributed by atoms with van der Waals surface area (Å²) < 4.78 is 0. The summed E-state index contributed by atoms with van der Waals surface area (Å²) in [6.07, 6.45) is 3.89. The zero-order valence-corrected chi connectivity index (χ0v) is 11.7. The highest BCUT2D eigenvalue weighted by atomic mass is 16.3. The monoisotopic (exact) mass is 261 g/mol. The normalized spacial score (nSPS) is 24.3. The zero-order valence-electron chi connectivity index (χ0n) is 11.7. The van der Waals surface area contributed by atoms with E-state index in [-0.39, 0.29) is 6.61 Å². The molecule has 0 spiro atoms. The summed E-state index contributed by atoms with van der Waals surface area (Å²) in [5.74, 6) is 1.07. The van der Waals surface area contributed by atoms with Crippen molar-refractivity contribution >= 4 is 5.82 Å². The number of fused-ring (bicyclic) bond motifs is 1. The van der Waals surface area contributed by atoms with Gasteiger partial charge in [-0.05, 0) is 44.4 Å². The molecule has 4 nitrogen and oxygen atoms in total. The Morgan fingerprint density at radius 1 is 1.26 bits per heavy atom. The number of rotatable bonds is 2. The van der Waals surface area contributed by atoms with Crippen LogP contribution in [0.4, 0.5) is 5.82 Å². The number of anilines is 1. The molecule has 104 valence electrons. The van der Waals surface area contributed by atoms with E-state index in [2.05, 4.69) is 20.9 Å². The van der Waals surface area contributed by atoms with Gasteiger partial charge in [0.2, 0.25) is 0 Å². The fourth-order valence-corrected chi connectivity index (χ4v) is 3.33. The lowest BCUT2D eigenvalue weighted by Gasteiger charge is -2.26. The second-order valence-corrected chi connectivity index (χ2v) is 5.70. The Hall–Kier alpha value is -1.13. The molecule has 0 radical (unpaired) electrons. The van der Waals surface area contributed by atoms with Gasteiger partial charge in [0.1, 0.15) is 5.82 Å². The first-order valence-corrected chi connectivity index (χ1v) is 7.34. The van der Waals surface area contributed by atoms with Gasteiger partial charge in [-0.2, -0.15) is 0 Å². The van der Waals surface area contributed by atoms with Gasteiger partial charge in [0, 0.05) is 31.4 Å². The molecule has 1 unspecified atom stereocenters. The topological polar surface area (TPSA) is 39.6 Å². The Balaban J connectivity index is 1.79. The molecule has 0 amide bonds. The number of aromatic nitrogens is 1. The molecule has 1 N–H and O–H groups in total. The number of nitrogens with zero attached hydrogens (tertiary/aromatic N) is 3. The molecule has 2 aliphatic rings. The van der Waals surface area contributed by atoms with E-state index in [0.29, 0.717) is 6.04 Å². The Morgan fingerprint density at radius 2 is 2.11 bits per heavy atom. The van der Waals surface area contributed by atoms with Crippen LogP contribution in [0.2, 0.25) is 0 Å². The first-order chi connectivity index (χ1) is 9.28. The Kier molecular flexibility index (Phi) is 3.71. The van der Waals surface area contributed by atoms with E-state index >= 15 is 0 Å². The van der Waals surface area contributed by atoms with Crippen LogP contribution in [0, 0.1) is 6.92 Å². The Morgan fingerprint density at radius 3 is 2.89 bits per heavy atom. The standard InChI is InChI=1S/C15H23N3O/c1-12-13(11-19)5-6-15(16-12)18-9-3-8-17-7-2-4-14(17)10-18/h5-6,14,19H,2-4,7-11H2,1H3. The lowest BCUT2D eigenvalue weighted by Crippen LogP contribution is -2.37. The molecule has 1 aromatic heterocycles. The number of hydrogen-bond acceptors (Lipinski definition) is 4. The summed E-state index contributed by atoms with van der Waals surface area (Å²) in [5.41, 5.74) is 1.88. The summed E-state index contributed by atoms with van der Waals surface area (Å²) in [5, 5.41) is 9.23. The van der Waals surface area contributed by atoms with Crippen LogP contribution in [0.3, 0.4) is 0 Å². The van der Waals surface area contributed by atoms with Crippen molar-refractivity contribution in [2.45, 2.75) is 38.8 Å². The molecule has 0 aliphatic carbocycles. The van der Waals surface area contributed by atoms with E-state index < -0.39 is 0 Å². The van der Waals surface area contributed by atoms with Gasteiger partial charge in [-0.25, -0.2) is 4.98 Å². The first kappa shape index (κ1) is 12.9. The minimum atomic E-state index is 0.0789. The van der Waals surface area contributed by atoms with E-state index in [9.17, 15) is 5.11 Å². The van der Waals surface area contributed by atoms with Crippen LogP contribution in [0.5, 0.6) is 0 Å². The minimum absolute atomic E-state index is 0.0789. The van der Waals surface area contributed by atoms with E-state index in [1.165, 1.54) is 32.4 Å². The van der Waals surface area contributed by atoms with Crippen LogP contribution in [0.15, 0.2) is 12.1 Å². The summed E-state index contributed by atoms with van der Waals surface area (Å²) in [6.45, 7) is 6.76. The van der Waals surface area contributed by atoms with Gasteiger partial charge in [-0.15, -0.1) is 0 Å². The maximum absolute atomic E-state index is 9.23. The highest BCUT2D eigenvalue weighted by molar-refractivity contribution is 5.42. The van der Waals surface area contributed by atoms with E-state index in [0.717, 1.165) is 30.2 Å². The van der Waals surface area contributed by atoms with E-state index in [1.807, 2.05) is 13.0 Å². The molecule has 4 heteroatoms. The summed E-state index contributed by atoms with van der Waals surface area (Å²) >= 11 is 0. The fraction of sp³-hybridized carbons (Fsp3) is 0.667. The second-order valence-electron chi connectivity index (χ2n) is 5.70. The van der Waals surface area contributed by atoms with Gasteiger partial charge in [0.15, 0.2) is 0 Å². The van der Waals surface area contributed by atoms with E-state index in [1.54, 1.807) is 0 Å². The van der Waals surface area contributed by atoms with Crippen molar-refractivity contribution in [3.63, 3.8) is 0 Å². The van der Waals surface area contributed by atoms with Gasteiger partial charge < -0.3 is 10.0 Å². The van der Waals surface area contributed by atoms with Crippen molar-refractivity contribution in [1.29, 1.82) is 0 Å². The number of aryl methyl sites for hydroxylation is 1. The molecule has 2 aliphatic heterocycles. The van der Waals surface area contributed by atoms with Crippen LogP contribution >= 0.6 is 0 Å². The Labute approximate surface area is 115 Å². The largest absolute Gasteiger partial charge is 0.392 e. The molecule has 2 fully saturated rings. The van der Waals surface area contributed by atoms with Crippen LogP contribution < -0.4 is 4.90 Å². The third-order valence-corrected chi connectivity index (χ3v) is 4.48. The molecule has 19 heavy (non-hydrogen) atoms. The minimum Gasteiger partial charge on any atom is -0.392 e. The number of aliphatic hydroxyl groups is 1. The van der Waals surface area contributed by atoms with Crippen molar-refractivity contribution < 1.29 is 5.11 Å². The Bertz CT molecular complexity index is 449. The number of aliphatic hydroxyl groups excluding tert-OH is 1. The molecule has 1 aromatic rings. The van der Waals surface area contributed by atoms with Crippen molar-refractivity contribution in [2.75, 3.05) is 31.1 Å². The van der Waals surface area contributed by atoms with Gasteiger partial charge in [0.05, 0.1) is 6.61 Å². The molecule has 3 heterocycles. The fourth-order valence-electron chi connectivity index (χ4n) is 3.33. The molecule has 0 bridgehead atoms. The molecule has 2 saturated heterocycles. The van der Waals surface area contributed by atoms with Crippen molar-refractivity contribution in [1.82, 2.24) is 9.88 Å². The third-order valence-electron chi connectivity index (χ3n) is 4.48. The molecular formula is C15H23N3O. The highest BCUT2D eigenvalue weighted by Crippen LogP contribution is 2.24. The van der Waals surface area contributed by atoms with Crippen LogP contribution in [-0.4, -0.2) is 47.2 Å². The van der Waals surface area contributed by atoms with Crippen molar-refractivity contribution in [2.24, 2.45) is 0 Å². The van der Waals surface area contributed by atoms with Crippen LogP contribution in [0.1, 0.15) is 30.5 Å². The number of pyridine rings is 1. The predicted octanol–water partition coefficient (Wildman–Crippen LogP) is 1.56. The lowest BCUT2D eigenvalue weighted by molar-refractivity contribution is 0.273. The summed E-state index contributed by atoms with van der Waals surface area (Å²) in [4.78, 5) is 9.73. The van der Waals surface area contributed by atoms with Crippen LogP contribution in [0.25, 0.3) is 0 Å². The molecule has 0 saturated carbocycles. The summed E-state index contributed by atoms with van der Waals surface area (Å²) in [7, 11) is 0. The number of hydrogen-bond donors (Lipinski definition) is 1. The third kappa shape index (κ3) is 2.60. The smallest absolute Gasteiger partial charge is 0.128 e. The molecule has 0 aromatic carbocycles. The molecule has 1 atom stereocenters. The predicted molar refractivity (Wildman–Crippen MR) is 76.3 cm³/mol. The first-order valence-electron chi connectivity index (χ1n) is 7.34. The highest BCUT2D eigenvalue weighted by Gasteiger charge is 2.29. The zero-order chi connectivity index (χ0) is 13.2. The average Bonchev–Trinajstić information content (AvgIpc) is 2.76. The SMILES string of the molecule is Cc1nc(N2CCCN3CCCC3C2)ccc1CO. The van der Waals surface area contributed by atoms with Crippen molar-refractivity contribution in [3.05, 3.63) is 23.4 Å².